The third kappa shape index (κ3) is 5.85. The van der Waals surface area contributed by atoms with E-state index in [1.807, 2.05) is 0 Å². The molecule has 2 heterocycles. The zero-order valence-corrected chi connectivity index (χ0v) is 13.8. The van der Waals surface area contributed by atoms with Crippen LogP contribution in [0.25, 0.3) is 0 Å². The summed E-state index contributed by atoms with van der Waals surface area (Å²) in [5.41, 5.74) is 0. The molecule has 3 unspecified atom stereocenters. The van der Waals surface area contributed by atoms with Crippen LogP contribution in [-0.2, 0) is 9.47 Å². The molecular weight excluding hydrogens is 266 g/mol. The van der Waals surface area contributed by atoms with Crippen molar-refractivity contribution in [2.45, 2.75) is 70.6 Å². The molecule has 124 valence electrons. The Labute approximate surface area is 129 Å². The number of hydrogen-bond acceptors (Lipinski definition) is 4. The summed E-state index contributed by atoms with van der Waals surface area (Å²) in [6.45, 7) is 8.37. The van der Waals surface area contributed by atoms with Gasteiger partial charge in [-0.3, -0.25) is 4.90 Å². The van der Waals surface area contributed by atoms with Gasteiger partial charge in [-0.25, -0.2) is 0 Å². The van der Waals surface area contributed by atoms with Crippen molar-refractivity contribution in [1.82, 2.24) is 4.90 Å². The molecule has 0 aliphatic carbocycles. The van der Waals surface area contributed by atoms with Crippen molar-refractivity contribution >= 4 is 0 Å². The number of hydrogen-bond donors (Lipinski definition) is 1. The van der Waals surface area contributed by atoms with E-state index >= 15 is 0 Å². The van der Waals surface area contributed by atoms with Crippen molar-refractivity contribution < 1.29 is 14.6 Å². The molecule has 0 spiro atoms. The summed E-state index contributed by atoms with van der Waals surface area (Å²) in [4.78, 5) is 2.48. The van der Waals surface area contributed by atoms with E-state index in [1.54, 1.807) is 0 Å². The number of aliphatic hydroxyl groups excluding tert-OH is 1. The first-order chi connectivity index (χ1) is 10.2. The molecule has 0 bridgehead atoms. The predicted molar refractivity (Wildman–Crippen MR) is 84.5 cm³/mol. The summed E-state index contributed by atoms with van der Waals surface area (Å²) in [5.74, 6) is 0.656. The van der Waals surface area contributed by atoms with E-state index in [-0.39, 0.29) is 12.2 Å². The largest absolute Gasteiger partial charge is 0.389 e. The SMILES string of the molecule is CC(C)C1CCCCCN1CC(O)COCC1CCCO1. The normalized spacial score (nSPS) is 29.7. The summed E-state index contributed by atoms with van der Waals surface area (Å²) in [6.07, 6.45) is 7.27. The lowest BCUT2D eigenvalue weighted by Crippen LogP contribution is -2.44. The number of β-amino-alcohol motifs (C(OH)–C–C–N with tert-alkyl or cyclic N) is 1. The molecule has 2 saturated heterocycles. The van der Waals surface area contributed by atoms with Gasteiger partial charge < -0.3 is 14.6 Å². The summed E-state index contributed by atoms with van der Waals surface area (Å²) in [7, 11) is 0. The molecule has 1 N–H and O–H groups in total. The second-order valence-corrected chi connectivity index (χ2v) is 6.98. The van der Waals surface area contributed by atoms with Crippen LogP contribution in [0.15, 0.2) is 0 Å². The zero-order valence-electron chi connectivity index (χ0n) is 13.8. The highest BCUT2D eigenvalue weighted by Crippen LogP contribution is 2.22. The first-order valence-corrected chi connectivity index (χ1v) is 8.78. The minimum atomic E-state index is -0.384. The second-order valence-electron chi connectivity index (χ2n) is 6.98. The van der Waals surface area contributed by atoms with Crippen LogP contribution in [0.2, 0.25) is 0 Å². The Hall–Kier alpha value is -0.160. The lowest BCUT2D eigenvalue weighted by molar-refractivity contribution is -0.0303. The third-order valence-electron chi connectivity index (χ3n) is 4.77. The van der Waals surface area contributed by atoms with Gasteiger partial charge in [-0.1, -0.05) is 26.7 Å². The van der Waals surface area contributed by atoms with Crippen LogP contribution in [0.3, 0.4) is 0 Å². The van der Waals surface area contributed by atoms with Gasteiger partial charge >= 0.3 is 0 Å². The smallest absolute Gasteiger partial charge is 0.0900 e. The molecule has 2 aliphatic heterocycles. The number of likely N-dealkylation sites (tertiary alicyclic amines) is 1. The topological polar surface area (TPSA) is 41.9 Å². The van der Waals surface area contributed by atoms with Gasteiger partial charge in [0, 0.05) is 19.2 Å². The van der Waals surface area contributed by atoms with Gasteiger partial charge in [0.2, 0.25) is 0 Å². The van der Waals surface area contributed by atoms with Gasteiger partial charge in [0.25, 0.3) is 0 Å². The van der Waals surface area contributed by atoms with E-state index in [0.29, 0.717) is 25.2 Å². The lowest BCUT2D eigenvalue weighted by Gasteiger charge is -2.34. The quantitative estimate of drug-likeness (QED) is 0.784. The van der Waals surface area contributed by atoms with Gasteiger partial charge in [0.1, 0.15) is 0 Å². The summed E-state index contributed by atoms with van der Waals surface area (Å²) >= 11 is 0. The number of nitrogens with zero attached hydrogens (tertiary/aromatic N) is 1. The highest BCUT2D eigenvalue weighted by atomic mass is 16.5. The molecule has 4 heteroatoms. The summed E-state index contributed by atoms with van der Waals surface area (Å²) in [5, 5.41) is 10.3. The van der Waals surface area contributed by atoms with Gasteiger partial charge in [-0.2, -0.15) is 0 Å². The number of rotatable bonds is 7. The van der Waals surface area contributed by atoms with E-state index in [2.05, 4.69) is 18.7 Å². The van der Waals surface area contributed by atoms with Crippen LogP contribution in [0.4, 0.5) is 0 Å². The molecule has 0 saturated carbocycles. The minimum Gasteiger partial charge on any atom is -0.389 e. The fourth-order valence-electron chi connectivity index (χ4n) is 3.61. The third-order valence-corrected chi connectivity index (χ3v) is 4.77. The van der Waals surface area contributed by atoms with E-state index in [9.17, 15) is 5.11 Å². The van der Waals surface area contributed by atoms with Crippen LogP contribution < -0.4 is 0 Å². The van der Waals surface area contributed by atoms with Crippen molar-refractivity contribution in [1.29, 1.82) is 0 Å². The molecule has 2 aliphatic rings. The molecule has 0 aromatic heterocycles. The first-order valence-electron chi connectivity index (χ1n) is 8.78. The fourth-order valence-corrected chi connectivity index (χ4v) is 3.61. The fraction of sp³-hybridized carbons (Fsp3) is 1.00. The Bertz CT molecular complexity index is 279. The Morgan fingerprint density at radius 2 is 2.05 bits per heavy atom. The summed E-state index contributed by atoms with van der Waals surface area (Å²) < 4.78 is 11.2. The van der Waals surface area contributed by atoms with Crippen LogP contribution in [0.1, 0.15) is 52.4 Å². The molecule has 0 aromatic rings. The monoisotopic (exact) mass is 299 g/mol. The van der Waals surface area contributed by atoms with E-state index in [4.69, 9.17) is 9.47 Å². The Morgan fingerprint density at radius 3 is 2.76 bits per heavy atom. The molecule has 21 heavy (non-hydrogen) atoms. The molecular formula is C17H33NO3. The van der Waals surface area contributed by atoms with Gasteiger partial charge in [-0.15, -0.1) is 0 Å². The van der Waals surface area contributed by atoms with Crippen molar-refractivity contribution in [3.8, 4) is 0 Å². The van der Waals surface area contributed by atoms with Crippen LogP contribution in [0, 0.1) is 5.92 Å². The van der Waals surface area contributed by atoms with E-state index in [0.717, 1.165) is 32.5 Å². The van der Waals surface area contributed by atoms with Crippen LogP contribution in [0.5, 0.6) is 0 Å². The maximum atomic E-state index is 10.3. The minimum absolute atomic E-state index is 0.249. The van der Waals surface area contributed by atoms with Crippen molar-refractivity contribution in [2.75, 3.05) is 32.9 Å². The number of ether oxygens (including phenoxy) is 2. The first kappa shape index (κ1) is 17.2. The van der Waals surface area contributed by atoms with E-state index < -0.39 is 0 Å². The molecule has 4 nitrogen and oxygen atoms in total. The average Bonchev–Trinajstić information content (AvgIpc) is 2.84. The van der Waals surface area contributed by atoms with Crippen molar-refractivity contribution in [3.05, 3.63) is 0 Å². The Balaban J connectivity index is 1.69. The van der Waals surface area contributed by atoms with Gasteiger partial charge in [0.05, 0.1) is 25.4 Å². The van der Waals surface area contributed by atoms with Crippen molar-refractivity contribution in [3.63, 3.8) is 0 Å². The highest BCUT2D eigenvalue weighted by Gasteiger charge is 2.25. The molecule has 0 amide bonds. The number of aliphatic hydroxyl groups is 1. The molecule has 2 rings (SSSR count). The maximum absolute atomic E-state index is 10.3. The van der Waals surface area contributed by atoms with Crippen LogP contribution >= 0.6 is 0 Å². The van der Waals surface area contributed by atoms with Gasteiger partial charge in [0.15, 0.2) is 0 Å². The molecule has 0 radical (unpaired) electrons. The molecule has 3 atom stereocenters. The Morgan fingerprint density at radius 1 is 1.19 bits per heavy atom. The average molecular weight is 299 g/mol. The zero-order chi connectivity index (χ0) is 15.1. The van der Waals surface area contributed by atoms with Crippen LogP contribution in [-0.4, -0.2) is 61.2 Å². The van der Waals surface area contributed by atoms with Crippen molar-refractivity contribution in [2.24, 2.45) is 5.92 Å². The maximum Gasteiger partial charge on any atom is 0.0900 e. The lowest BCUT2D eigenvalue weighted by atomic mass is 9.98. The summed E-state index contributed by atoms with van der Waals surface area (Å²) in [6, 6.07) is 0.611. The molecule has 0 aromatic carbocycles. The van der Waals surface area contributed by atoms with Gasteiger partial charge in [-0.05, 0) is 38.1 Å². The predicted octanol–water partition coefficient (Wildman–Crippen LogP) is 2.44. The second kappa shape index (κ2) is 9.09. The molecule has 2 fully saturated rings. The Kier molecular flexibility index (Phi) is 7.44. The van der Waals surface area contributed by atoms with E-state index in [1.165, 1.54) is 25.7 Å². The standard InChI is InChI=1S/C17H33NO3/c1-14(2)17-8-4-3-5-9-18(17)11-15(19)12-20-13-16-7-6-10-21-16/h14-17,19H,3-13H2,1-2H3. The highest BCUT2D eigenvalue weighted by molar-refractivity contribution is 4.79.